The number of halogens is 7. The molecule has 0 aromatic heterocycles. The van der Waals surface area contributed by atoms with Crippen LogP contribution in [-0.4, -0.2) is 5.71 Å². The first kappa shape index (κ1) is 20.1. The van der Waals surface area contributed by atoms with Crippen molar-refractivity contribution in [3.63, 3.8) is 0 Å². The van der Waals surface area contributed by atoms with Crippen molar-refractivity contribution in [2.24, 2.45) is 5.16 Å². The minimum atomic E-state index is -4.64. The lowest BCUT2D eigenvalue weighted by atomic mass is 10.0. The second-order valence-electron chi connectivity index (χ2n) is 5.29. The van der Waals surface area contributed by atoms with Crippen molar-refractivity contribution in [1.82, 2.24) is 0 Å². The largest absolute Gasteiger partial charge is 0.417 e. The molecule has 2 aromatic carbocycles. The van der Waals surface area contributed by atoms with Gasteiger partial charge in [0, 0.05) is 16.1 Å². The van der Waals surface area contributed by atoms with Crippen LogP contribution in [0.3, 0.4) is 0 Å². The lowest BCUT2D eigenvalue weighted by molar-refractivity contribution is -0.139. The van der Waals surface area contributed by atoms with Gasteiger partial charge in [-0.15, -0.1) is 0 Å². The summed E-state index contributed by atoms with van der Waals surface area (Å²) in [5.41, 5.74) is -2.52. The van der Waals surface area contributed by atoms with E-state index in [1.807, 2.05) is 0 Å². The van der Waals surface area contributed by atoms with Crippen molar-refractivity contribution >= 4 is 17.3 Å². The Morgan fingerprint density at radius 1 is 0.962 bits per heavy atom. The molecule has 2 aromatic rings. The summed E-state index contributed by atoms with van der Waals surface area (Å²) in [6.07, 6.45) is -9.21. The third-order valence-corrected chi connectivity index (χ3v) is 3.66. The second kappa shape index (κ2) is 7.57. The Balaban J connectivity index is 2.25. The molecule has 0 saturated heterocycles. The van der Waals surface area contributed by atoms with Crippen molar-refractivity contribution in [2.75, 3.05) is 0 Å². The van der Waals surface area contributed by atoms with Gasteiger partial charge < -0.3 is 4.84 Å². The fraction of sp³-hybridized carbons (Fsp3) is 0.235. The van der Waals surface area contributed by atoms with Crippen LogP contribution in [-0.2, 0) is 23.8 Å². The van der Waals surface area contributed by atoms with Crippen LogP contribution in [0.25, 0.3) is 0 Å². The van der Waals surface area contributed by atoms with Crippen LogP contribution in [0, 0.1) is 0 Å². The summed E-state index contributed by atoms with van der Waals surface area (Å²) in [5.74, 6) is 0. The first-order valence-corrected chi connectivity index (χ1v) is 7.56. The van der Waals surface area contributed by atoms with E-state index in [0.29, 0.717) is 0 Å². The fourth-order valence-electron chi connectivity index (χ4n) is 2.23. The van der Waals surface area contributed by atoms with Crippen LogP contribution in [0.15, 0.2) is 47.6 Å². The van der Waals surface area contributed by atoms with Gasteiger partial charge in [-0.2, -0.15) is 26.3 Å². The third-order valence-electron chi connectivity index (χ3n) is 3.42. The molecular weight excluding hydrogens is 384 g/mol. The van der Waals surface area contributed by atoms with Crippen LogP contribution in [0.4, 0.5) is 26.3 Å². The molecule has 0 fully saturated rings. The molecule has 0 atom stereocenters. The van der Waals surface area contributed by atoms with Gasteiger partial charge in [-0.3, -0.25) is 0 Å². The molecule has 0 heterocycles. The fourth-order valence-corrected chi connectivity index (χ4v) is 2.41. The quantitative estimate of drug-likeness (QED) is 0.337. The van der Waals surface area contributed by atoms with Gasteiger partial charge >= 0.3 is 12.4 Å². The summed E-state index contributed by atoms with van der Waals surface area (Å²) < 4.78 is 77.8. The number of hydrogen-bond donors (Lipinski definition) is 0. The average Bonchev–Trinajstić information content (AvgIpc) is 2.53. The summed E-state index contributed by atoms with van der Waals surface area (Å²) in [7, 11) is 0. The molecular formula is C17H12ClF6NO. The van der Waals surface area contributed by atoms with Gasteiger partial charge in [0.25, 0.3) is 0 Å². The van der Waals surface area contributed by atoms with Crippen LogP contribution in [0.5, 0.6) is 0 Å². The number of rotatable bonds is 4. The zero-order valence-electron chi connectivity index (χ0n) is 13.2. The minimum Gasteiger partial charge on any atom is -0.391 e. The van der Waals surface area contributed by atoms with E-state index in [4.69, 9.17) is 16.4 Å². The van der Waals surface area contributed by atoms with E-state index in [1.165, 1.54) is 25.1 Å². The van der Waals surface area contributed by atoms with Gasteiger partial charge in [0.15, 0.2) is 0 Å². The topological polar surface area (TPSA) is 21.6 Å². The van der Waals surface area contributed by atoms with Crippen LogP contribution >= 0.6 is 11.6 Å². The van der Waals surface area contributed by atoms with Crippen molar-refractivity contribution in [3.05, 3.63) is 69.7 Å². The van der Waals surface area contributed by atoms with Crippen molar-refractivity contribution in [2.45, 2.75) is 25.9 Å². The van der Waals surface area contributed by atoms with E-state index < -0.39 is 30.1 Å². The van der Waals surface area contributed by atoms with Crippen LogP contribution in [0.2, 0.25) is 5.02 Å². The molecule has 2 nitrogen and oxygen atoms in total. The van der Waals surface area contributed by atoms with E-state index in [0.717, 1.165) is 24.3 Å². The number of alkyl halides is 6. The summed E-state index contributed by atoms with van der Waals surface area (Å²) in [6.45, 7) is 0.700. The van der Waals surface area contributed by atoms with E-state index in [9.17, 15) is 26.3 Å². The molecule has 0 radical (unpaired) electrons. The van der Waals surface area contributed by atoms with Crippen LogP contribution in [0.1, 0.15) is 29.2 Å². The Bertz CT molecular complexity index is 814. The van der Waals surface area contributed by atoms with Crippen LogP contribution < -0.4 is 0 Å². The van der Waals surface area contributed by atoms with Crippen molar-refractivity contribution in [1.29, 1.82) is 0 Å². The maximum absolute atomic E-state index is 13.0. The normalized spacial score (nSPS) is 13.0. The number of nitrogens with zero attached hydrogens (tertiary/aromatic N) is 1. The predicted octanol–water partition coefficient (Wildman–Crippen LogP) is 6.32. The Labute approximate surface area is 150 Å². The Morgan fingerprint density at radius 2 is 1.58 bits per heavy atom. The van der Waals surface area contributed by atoms with Gasteiger partial charge in [0.2, 0.25) is 0 Å². The molecule has 0 aliphatic heterocycles. The van der Waals surface area contributed by atoms with Gasteiger partial charge in [0.1, 0.15) is 6.61 Å². The molecule has 0 spiro atoms. The van der Waals surface area contributed by atoms with E-state index in [1.54, 1.807) is 0 Å². The average molecular weight is 396 g/mol. The molecule has 0 bridgehead atoms. The highest BCUT2D eigenvalue weighted by molar-refractivity contribution is 6.31. The zero-order chi connectivity index (χ0) is 19.5. The lowest BCUT2D eigenvalue weighted by Crippen LogP contribution is -2.12. The Hall–Kier alpha value is -2.22. The molecule has 0 unspecified atom stereocenters. The monoisotopic (exact) mass is 395 g/mol. The molecule has 26 heavy (non-hydrogen) atoms. The highest BCUT2D eigenvalue weighted by Gasteiger charge is 2.34. The molecule has 140 valence electrons. The highest BCUT2D eigenvalue weighted by atomic mass is 35.5. The smallest absolute Gasteiger partial charge is 0.391 e. The zero-order valence-corrected chi connectivity index (χ0v) is 14.0. The summed E-state index contributed by atoms with van der Waals surface area (Å²) in [6, 6.07) is 7.65. The maximum Gasteiger partial charge on any atom is 0.417 e. The first-order valence-electron chi connectivity index (χ1n) is 7.19. The molecule has 0 aliphatic rings. The van der Waals surface area contributed by atoms with Crippen molar-refractivity contribution in [3.8, 4) is 0 Å². The number of benzene rings is 2. The summed E-state index contributed by atoms with van der Waals surface area (Å²) in [4.78, 5) is 4.86. The first-order chi connectivity index (χ1) is 12.0. The summed E-state index contributed by atoms with van der Waals surface area (Å²) in [5, 5.41) is 3.58. The van der Waals surface area contributed by atoms with Gasteiger partial charge in [-0.05, 0) is 31.2 Å². The number of hydrogen-bond acceptors (Lipinski definition) is 2. The lowest BCUT2D eigenvalue weighted by Gasteiger charge is -2.14. The molecule has 2 rings (SSSR count). The standard InChI is InChI=1S/C17H12ClF6NO/c1-10(13-8-12(18)6-7-15(13)17(22,23)24)25-26-9-11-4-2-3-5-14(11)16(19,20)21/h2-8H,9H2,1H3/b25-10+. The molecule has 0 aliphatic carbocycles. The highest BCUT2D eigenvalue weighted by Crippen LogP contribution is 2.34. The van der Waals surface area contributed by atoms with Crippen molar-refractivity contribution < 1.29 is 31.2 Å². The SMILES string of the molecule is C/C(=N\OCc1ccccc1C(F)(F)F)c1cc(Cl)ccc1C(F)(F)F. The van der Waals surface area contributed by atoms with Gasteiger partial charge in [-0.25, -0.2) is 0 Å². The molecule has 0 amide bonds. The van der Waals surface area contributed by atoms with Gasteiger partial charge in [0.05, 0.1) is 16.8 Å². The van der Waals surface area contributed by atoms with E-state index in [2.05, 4.69) is 5.16 Å². The summed E-state index contributed by atoms with van der Waals surface area (Å²) >= 11 is 5.72. The molecule has 0 saturated carbocycles. The third kappa shape index (κ3) is 4.91. The Kier molecular flexibility index (Phi) is 5.85. The van der Waals surface area contributed by atoms with E-state index >= 15 is 0 Å². The number of oxime groups is 1. The maximum atomic E-state index is 13.0. The molecule has 0 N–H and O–H groups in total. The second-order valence-corrected chi connectivity index (χ2v) is 5.73. The molecule has 9 heteroatoms. The minimum absolute atomic E-state index is 0.0602. The Morgan fingerprint density at radius 3 is 2.19 bits per heavy atom. The van der Waals surface area contributed by atoms with E-state index in [-0.39, 0.29) is 21.9 Å². The predicted molar refractivity (Wildman–Crippen MR) is 84.9 cm³/mol. The van der Waals surface area contributed by atoms with Gasteiger partial charge in [-0.1, -0.05) is 35.0 Å².